The molecule has 1 aliphatic rings. The largest absolute Gasteiger partial charge is 0.368 e. The Morgan fingerprint density at radius 2 is 1.12 bits per heavy atom. The molecule has 0 saturated carbocycles. The van der Waals surface area contributed by atoms with Crippen molar-refractivity contribution in [3.8, 4) is 0 Å². The molecule has 6 heteroatoms. The molecule has 16 heavy (non-hydrogen) atoms. The van der Waals surface area contributed by atoms with Gasteiger partial charge in [0.2, 0.25) is 11.8 Å². The van der Waals surface area contributed by atoms with Crippen LogP contribution < -0.4 is 11.5 Å². The molecule has 1 aliphatic heterocycles. The van der Waals surface area contributed by atoms with Crippen LogP contribution in [0.4, 0.5) is 0 Å². The van der Waals surface area contributed by atoms with Gasteiger partial charge in [0.25, 0.3) is 0 Å². The number of hydrogen-bond acceptors (Lipinski definition) is 4. The molecule has 0 radical (unpaired) electrons. The Morgan fingerprint density at radius 1 is 0.875 bits per heavy atom. The fraction of sp³-hybridized carbons (Fsp3) is 0.800. The molecule has 0 aromatic rings. The number of primary amides is 2. The van der Waals surface area contributed by atoms with Crippen molar-refractivity contribution in [3.05, 3.63) is 0 Å². The lowest BCUT2D eigenvalue weighted by Gasteiger charge is -2.38. The molecular weight excluding hydrogens is 208 g/mol. The third kappa shape index (κ3) is 2.93. The number of nitrogens with zero attached hydrogens (tertiary/aromatic N) is 2. The first-order valence-corrected chi connectivity index (χ1v) is 5.50. The molecule has 92 valence electrons. The average Bonchev–Trinajstić information content (AvgIpc) is 2.27. The predicted octanol–water partition coefficient (Wildman–Crippen LogP) is -1.65. The monoisotopic (exact) mass is 228 g/mol. The number of hydrogen-bond donors (Lipinski definition) is 2. The summed E-state index contributed by atoms with van der Waals surface area (Å²) in [6.45, 7) is 6.55. The van der Waals surface area contributed by atoms with E-state index < -0.39 is 0 Å². The van der Waals surface area contributed by atoms with Crippen molar-refractivity contribution < 1.29 is 9.59 Å². The summed E-state index contributed by atoms with van der Waals surface area (Å²) in [6, 6.07) is -0.489. The Bertz CT molecular complexity index is 246. The highest BCUT2D eigenvalue weighted by molar-refractivity contribution is 5.80. The van der Waals surface area contributed by atoms with Crippen LogP contribution in [0.3, 0.4) is 0 Å². The highest BCUT2D eigenvalue weighted by atomic mass is 16.2. The van der Waals surface area contributed by atoms with Gasteiger partial charge in [0, 0.05) is 26.2 Å². The zero-order valence-corrected chi connectivity index (χ0v) is 9.85. The van der Waals surface area contributed by atoms with E-state index in [0.29, 0.717) is 0 Å². The molecule has 1 rings (SSSR count). The third-order valence-corrected chi connectivity index (χ3v) is 3.27. The Balaban J connectivity index is 2.45. The van der Waals surface area contributed by atoms with Gasteiger partial charge in [0.1, 0.15) is 0 Å². The number of nitrogens with two attached hydrogens (primary N) is 2. The minimum absolute atomic E-state index is 0.244. The van der Waals surface area contributed by atoms with Gasteiger partial charge in [-0.2, -0.15) is 0 Å². The molecule has 2 atom stereocenters. The maximum absolute atomic E-state index is 11.0. The summed E-state index contributed by atoms with van der Waals surface area (Å²) in [7, 11) is 0. The van der Waals surface area contributed by atoms with Gasteiger partial charge in [0.05, 0.1) is 12.1 Å². The summed E-state index contributed by atoms with van der Waals surface area (Å²) in [5.74, 6) is -0.618. The third-order valence-electron chi connectivity index (χ3n) is 3.27. The van der Waals surface area contributed by atoms with Crippen molar-refractivity contribution in [1.29, 1.82) is 0 Å². The van der Waals surface area contributed by atoms with E-state index in [-0.39, 0.29) is 23.9 Å². The van der Waals surface area contributed by atoms with Crippen LogP contribution in [0.1, 0.15) is 13.8 Å². The second kappa shape index (κ2) is 5.27. The van der Waals surface area contributed by atoms with E-state index in [0.717, 1.165) is 26.2 Å². The summed E-state index contributed by atoms with van der Waals surface area (Å²) in [5, 5.41) is 0. The van der Waals surface area contributed by atoms with Crippen molar-refractivity contribution in [2.45, 2.75) is 25.9 Å². The van der Waals surface area contributed by atoms with Crippen LogP contribution in [-0.2, 0) is 9.59 Å². The minimum atomic E-state index is -0.309. The highest BCUT2D eigenvalue weighted by Crippen LogP contribution is 2.08. The average molecular weight is 228 g/mol. The van der Waals surface area contributed by atoms with Crippen molar-refractivity contribution in [1.82, 2.24) is 9.80 Å². The Morgan fingerprint density at radius 3 is 1.31 bits per heavy atom. The van der Waals surface area contributed by atoms with Gasteiger partial charge >= 0.3 is 0 Å². The molecule has 0 aromatic heterocycles. The maximum atomic E-state index is 11.0. The van der Waals surface area contributed by atoms with E-state index in [4.69, 9.17) is 11.5 Å². The number of piperazine rings is 1. The van der Waals surface area contributed by atoms with E-state index in [1.54, 1.807) is 13.8 Å². The first-order chi connectivity index (χ1) is 7.43. The van der Waals surface area contributed by atoms with Gasteiger partial charge in [-0.25, -0.2) is 0 Å². The molecule has 0 aliphatic carbocycles. The molecule has 1 saturated heterocycles. The number of amides is 2. The summed E-state index contributed by atoms with van der Waals surface area (Å²) in [4.78, 5) is 26.1. The molecule has 1 fully saturated rings. The zero-order chi connectivity index (χ0) is 12.3. The van der Waals surface area contributed by atoms with Crippen LogP contribution in [0.25, 0.3) is 0 Å². The van der Waals surface area contributed by atoms with E-state index in [1.165, 1.54) is 0 Å². The normalized spacial score (nSPS) is 22.6. The fourth-order valence-corrected chi connectivity index (χ4v) is 1.87. The van der Waals surface area contributed by atoms with Crippen molar-refractivity contribution >= 4 is 11.8 Å². The molecule has 0 aromatic carbocycles. The zero-order valence-electron chi connectivity index (χ0n) is 9.85. The van der Waals surface area contributed by atoms with Gasteiger partial charge in [-0.15, -0.1) is 0 Å². The van der Waals surface area contributed by atoms with E-state index in [1.807, 2.05) is 9.80 Å². The lowest BCUT2D eigenvalue weighted by molar-refractivity contribution is -0.126. The molecule has 1 heterocycles. The molecule has 0 bridgehead atoms. The SMILES string of the molecule is CC(C(N)=O)N1CCN(C(C)C(N)=O)CC1. The first kappa shape index (κ1) is 12.9. The molecular formula is C10H20N4O2. The summed E-state index contributed by atoms with van der Waals surface area (Å²) in [5.41, 5.74) is 10.5. The topological polar surface area (TPSA) is 92.7 Å². The van der Waals surface area contributed by atoms with Gasteiger partial charge < -0.3 is 11.5 Å². The molecule has 2 unspecified atom stereocenters. The van der Waals surface area contributed by atoms with Crippen LogP contribution in [0.2, 0.25) is 0 Å². The van der Waals surface area contributed by atoms with Crippen LogP contribution in [0.5, 0.6) is 0 Å². The van der Waals surface area contributed by atoms with Gasteiger partial charge in [-0.3, -0.25) is 19.4 Å². The Kier molecular flexibility index (Phi) is 4.26. The highest BCUT2D eigenvalue weighted by Gasteiger charge is 2.27. The molecule has 2 amide bonds. The van der Waals surface area contributed by atoms with E-state index in [9.17, 15) is 9.59 Å². The van der Waals surface area contributed by atoms with Crippen molar-refractivity contribution in [3.63, 3.8) is 0 Å². The van der Waals surface area contributed by atoms with Crippen LogP contribution in [0, 0.1) is 0 Å². The van der Waals surface area contributed by atoms with Gasteiger partial charge in [-0.1, -0.05) is 0 Å². The van der Waals surface area contributed by atoms with E-state index >= 15 is 0 Å². The predicted molar refractivity (Wildman–Crippen MR) is 60.5 cm³/mol. The Hall–Kier alpha value is -1.14. The van der Waals surface area contributed by atoms with Crippen molar-refractivity contribution in [2.75, 3.05) is 26.2 Å². The maximum Gasteiger partial charge on any atom is 0.234 e. The summed E-state index contributed by atoms with van der Waals surface area (Å²) in [6.07, 6.45) is 0. The lowest BCUT2D eigenvalue weighted by atomic mass is 10.2. The summed E-state index contributed by atoms with van der Waals surface area (Å²) < 4.78 is 0. The van der Waals surface area contributed by atoms with Crippen LogP contribution in [0.15, 0.2) is 0 Å². The standard InChI is InChI=1S/C10H20N4O2/c1-7(9(11)15)13-3-5-14(6-4-13)8(2)10(12)16/h7-8H,3-6H2,1-2H3,(H2,11,15)(H2,12,16). The van der Waals surface area contributed by atoms with Crippen molar-refractivity contribution in [2.24, 2.45) is 11.5 Å². The van der Waals surface area contributed by atoms with Gasteiger partial charge in [-0.05, 0) is 13.8 Å². The first-order valence-electron chi connectivity index (χ1n) is 5.50. The quantitative estimate of drug-likeness (QED) is 0.603. The van der Waals surface area contributed by atoms with Crippen LogP contribution >= 0.6 is 0 Å². The molecule has 6 nitrogen and oxygen atoms in total. The lowest BCUT2D eigenvalue weighted by Crippen LogP contribution is -2.56. The number of carbonyl (C=O) groups is 2. The molecule has 0 spiro atoms. The van der Waals surface area contributed by atoms with Crippen LogP contribution in [-0.4, -0.2) is 59.9 Å². The minimum Gasteiger partial charge on any atom is -0.368 e. The Labute approximate surface area is 95.5 Å². The van der Waals surface area contributed by atoms with Gasteiger partial charge in [0.15, 0.2) is 0 Å². The second-order valence-corrected chi connectivity index (χ2v) is 4.23. The smallest absolute Gasteiger partial charge is 0.234 e. The fourth-order valence-electron chi connectivity index (χ4n) is 1.87. The molecule has 4 N–H and O–H groups in total. The van der Waals surface area contributed by atoms with E-state index in [2.05, 4.69) is 0 Å². The summed E-state index contributed by atoms with van der Waals surface area (Å²) >= 11 is 0. The number of carbonyl (C=O) groups excluding carboxylic acids is 2. The number of rotatable bonds is 4. The second-order valence-electron chi connectivity index (χ2n) is 4.23.